The van der Waals surface area contributed by atoms with Gasteiger partial charge in [0.25, 0.3) is 0 Å². The zero-order valence-corrected chi connectivity index (χ0v) is 14.1. The molecule has 1 aromatic carbocycles. The number of furan rings is 1. The van der Waals surface area contributed by atoms with Crippen molar-refractivity contribution in [2.45, 2.75) is 25.3 Å². The molecule has 0 N–H and O–H groups in total. The fraction of sp³-hybridized carbons (Fsp3) is 0.316. The molecule has 126 valence electrons. The maximum atomic E-state index is 6.14. The van der Waals surface area contributed by atoms with Crippen LogP contribution in [0.5, 0.6) is 0 Å². The van der Waals surface area contributed by atoms with Gasteiger partial charge in [-0.05, 0) is 37.5 Å². The first kappa shape index (κ1) is 14.5. The lowest BCUT2D eigenvalue weighted by Gasteiger charge is -2.36. The molecule has 0 radical (unpaired) electrons. The fourth-order valence-corrected chi connectivity index (χ4v) is 3.92. The summed E-state index contributed by atoms with van der Waals surface area (Å²) >= 11 is 0. The highest BCUT2D eigenvalue weighted by Crippen LogP contribution is 2.39. The van der Waals surface area contributed by atoms with Crippen LogP contribution in [-0.2, 0) is 7.05 Å². The second-order valence-electron chi connectivity index (χ2n) is 6.56. The molecule has 0 bridgehead atoms. The molecule has 25 heavy (non-hydrogen) atoms. The monoisotopic (exact) mass is 333 g/mol. The van der Waals surface area contributed by atoms with E-state index in [1.54, 1.807) is 6.33 Å². The summed E-state index contributed by atoms with van der Waals surface area (Å²) in [7, 11) is 2.00. The quantitative estimate of drug-likeness (QED) is 0.558. The Kier molecular flexibility index (Phi) is 3.23. The van der Waals surface area contributed by atoms with Gasteiger partial charge in [-0.15, -0.1) is 0 Å². The summed E-state index contributed by atoms with van der Waals surface area (Å²) in [6.07, 6.45) is 6.96. The van der Waals surface area contributed by atoms with E-state index in [1.807, 2.05) is 42.2 Å². The van der Waals surface area contributed by atoms with Crippen LogP contribution in [0.25, 0.3) is 22.1 Å². The van der Waals surface area contributed by atoms with E-state index >= 15 is 0 Å². The van der Waals surface area contributed by atoms with Crippen LogP contribution >= 0.6 is 0 Å². The predicted molar refractivity (Wildman–Crippen MR) is 96.5 cm³/mol. The van der Waals surface area contributed by atoms with Crippen molar-refractivity contribution in [2.24, 2.45) is 7.05 Å². The van der Waals surface area contributed by atoms with E-state index in [9.17, 15) is 0 Å². The molecule has 1 aliphatic heterocycles. The third-order valence-electron chi connectivity index (χ3n) is 5.11. The molecular weight excluding hydrogens is 314 g/mol. The van der Waals surface area contributed by atoms with Gasteiger partial charge >= 0.3 is 0 Å². The SMILES string of the molecule is Cn1nccc1C1CCCCN1c1ncnc2c1oc1ccccc12. The van der Waals surface area contributed by atoms with Crippen molar-refractivity contribution in [3.05, 3.63) is 48.5 Å². The topological polar surface area (TPSA) is 60.0 Å². The number of aromatic nitrogens is 4. The summed E-state index contributed by atoms with van der Waals surface area (Å²) in [4.78, 5) is 11.4. The Labute approximate surface area is 145 Å². The number of hydrogen-bond acceptors (Lipinski definition) is 5. The van der Waals surface area contributed by atoms with Crippen molar-refractivity contribution < 1.29 is 4.42 Å². The molecule has 6 nitrogen and oxygen atoms in total. The lowest BCUT2D eigenvalue weighted by atomic mass is 9.99. The summed E-state index contributed by atoms with van der Waals surface area (Å²) < 4.78 is 8.10. The third kappa shape index (κ3) is 2.21. The molecule has 0 aliphatic carbocycles. The van der Waals surface area contributed by atoms with Gasteiger partial charge in [0.15, 0.2) is 11.4 Å². The fourth-order valence-electron chi connectivity index (χ4n) is 3.92. The lowest BCUT2D eigenvalue weighted by Crippen LogP contribution is -2.35. The van der Waals surface area contributed by atoms with E-state index in [4.69, 9.17) is 4.42 Å². The summed E-state index contributed by atoms with van der Waals surface area (Å²) in [6, 6.07) is 10.4. The van der Waals surface area contributed by atoms with Crippen molar-refractivity contribution >= 4 is 27.9 Å². The Bertz CT molecular complexity index is 1050. The second-order valence-corrected chi connectivity index (χ2v) is 6.56. The molecule has 1 saturated heterocycles. The highest BCUT2D eigenvalue weighted by atomic mass is 16.3. The number of rotatable bonds is 2. The number of anilines is 1. The van der Waals surface area contributed by atoms with E-state index in [2.05, 4.69) is 26.0 Å². The Hall–Kier alpha value is -2.89. The maximum Gasteiger partial charge on any atom is 0.196 e. The molecule has 1 fully saturated rings. The third-order valence-corrected chi connectivity index (χ3v) is 5.11. The molecule has 3 aromatic heterocycles. The van der Waals surface area contributed by atoms with Gasteiger partial charge in [-0.25, -0.2) is 9.97 Å². The van der Waals surface area contributed by atoms with Crippen molar-refractivity contribution in [1.29, 1.82) is 0 Å². The van der Waals surface area contributed by atoms with Crippen LogP contribution in [0.1, 0.15) is 31.0 Å². The van der Waals surface area contributed by atoms with E-state index < -0.39 is 0 Å². The van der Waals surface area contributed by atoms with Crippen LogP contribution in [-0.4, -0.2) is 26.3 Å². The Morgan fingerprint density at radius 2 is 2.04 bits per heavy atom. The Morgan fingerprint density at radius 1 is 1.12 bits per heavy atom. The van der Waals surface area contributed by atoms with E-state index in [-0.39, 0.29) is 6.04 Å². The van der Waals surface area contributed by atoms with Crippen molar-refractivity contribution in [1.82, 2.24) is 19.7 Å². The number of para-hydroxylation sites is 1. The molecule has 0 saturated carbocycles. The molecule has 0 amide bonds. The van der Waals surface area contributed by atoms with Crippen LogP contribution in [0.15, 0.2) is 47.3 Å². The van der Waals surface area contributed by atoms with E-state index in [0.717, 1.165) is 47.3 Å². The molecule has 4 heterocycles. The van der Waals surface area contributed by atoms with E-state index in [1.165, 1.54) is 12.1 Å². The van der Waals surface area contributed by atoms with Gasteiger partial charge in [0.1, 0.15) is 17.4 Å². The normalized spacial score (nSPS) is 18.3. The van der Waals surface area contributed by atoms with Gasteiger partial charge in [0.2, 0.25) is 0 Å². The van der Waals surface area contributed by atoms with Crippen LogP contribution in [0, 0.1) is 0 Å². The summed E-state index contributed by atoms with van der Waals surface area (Å²) in [5.74, 6) is 0.882. The van der Waals surface area contributed by atoms with E-state index in [0.29, 0.717) is 0 Å². The van der Waals surface area contributed by atoms with Crippen LogP contribution in [0.4, 0.5) is 5.82 Å². The standard InChI is InChI=1S/C19H19N5O/c1-23-14(9-10-22-23)15-7-4-5-11-24(15)19-18-17(20-12-21-19)13-6-2-3-8-16(13)25-18/h2-3,6,8-10,12,15H,4-5,7,11H2,1H3. The molecule has 6 heteroatoms. The molecule has 4 aromatic rings. The van der Waals surface area contributed by atoms with Gasteiger partial charge in [-0.1, -0.05) is 12.1 Å². The summed E-state index contributed by atoms with van der Waals surface area (Å²) in [5.41, 5.74) is 3.73. The van der Waals surface area contributed by atoms with Gasteiger partial charge in [0.05, 0.1) is 11.7 Å². The Morgan fingerprint density at radius 3 is 2.92 bits per heavy atom. The first-order valence-corrected chi connectivity index (χ1v) is 8.70. The molecule has 1 aliphatic rings. The lowest BCUT2D eigenvalue weighted by molar-refractivity contribution is 0.446. The first-order valence-electron chi connectivity index (χ1n) is 8.70. The number of fused-ring (bicyclic) bond motifs is 3. The van der Waals surface area contributed by atoms with Crippen LogP contribution in [0.3, 0.4) is 0 Å². The minimum Gasteiger partial charge on any atom is -0.450 e. The molecule has 1 unspecified atom stereocenters. The zero-order valence-electron chi connectivity index (χ0n) is 14.1. The number of nitrogens with zero attached hydrogens (tertiary/aromatic N) is 5. The van der Waals surface area contributed by atoms with Crippen molar-refractivity contribution in [3.63, 3.8) is 0 Å². The van der Waals surface area contributed by atoms with Gasteiger partial charge in [-0.3, -0.25) is 4.68 Å². The van der Waals surface area contributed by atoms with Gasteiger partial charge in [-0.2, -0.15) is 5.10 Å². The molecule has 5 rings (SSSR count). The van der Waals surface area contributed by atoms with Crippen molar-refractivity contribution in [3.8, 4) is 0 Å². The molecule has 1 atom stereocenters. The summed E-state index contributed by atoms with van der Waals surface area (Å²) in [5, 5.41) is 5.39. The predicted octanol–water partition coefficient (Wildman–Crippen LogP) is 3.84. The minimum absolute atomic E-state index is 0.257. The first-order chi connectivity index (χ1) is 12.3. The number of aryl methyl sites for hydroxylation is 1. The van der Waals surface area contributed by atoms with Gasteiger partial charge < -0.3 is 9.32 Å². The van der Waals surface area contributed by atoms with Crippen molar-refractivity contribution in [2.75, 3.05) is 11.4 Å². The van der Waals surface area contributed by atoms with Crippen LogP contribution in [0.2, 0.25) is 0 Å². The minimum atomic E-state index is 0.257. The number of hydrogen-bond donors (Lipinski definition) is 0. The number of benzene rings is 1. The number of piperidine rings is 1. The highest BCUT2D eigenvalue weighted by molar-refractivity contribution is 6.05. The Balaban J connectivity index is 1.69. The average molecular weight is 333 g/mol. The summed E-state index contributed by atoms with van der Waals surface area (Å²) in [6.45, 7) is 0.957. The second kappa shape index (κ2) is 5.58. The highest BCUT2D eigenvalue weighted by Gasteiger charge is 2.29. The largest absolute Gasteiger partial charge is 0.450 e. The average Bonchev–Trinajstić information content (AvgIpc) is 3.25. The molecular formula is C19H19N5O. The van der Waals surface area contributed by atoms with Crippen LogP contribution < -0.4 is 4.90 Å². The maximum absolute atomic E-state index is 6.14. The molecule has 0 spiro atoms. The van der Waals surface area contributed by atoms with Gasteiger partial charge in [0, 0.05) is 25.2 Å². The zero-order chi connectivity index (χ0) is 16.8. The smallest absolute Gasteiger partial charge is 0.196 e.